The van der Waals surface area contributed by atoms with Gasteiger partial charge < -0.3 is 30.9 Å². The lowest BCUT2D eigenvalue weighted by Crippen LogP contribution is -2.38. The topological polar surface area (TPSA) is 134 Å². The molecule has 0 saturated carbocycles. The molecule has 3 aromatic rings. The number of likely N-dealkylation sites (N-methyl/N-ethyl adjacent to an activating group) is 1. The van der Waals surface area contributed by atoms with Crippen molar-refractivity contribution in [3.63, 3.8) is 0 Å². The first kappa shape index (κ1) is 32.8. The molecule has 2 atom stereocenters. The monoisotopic (exact) mass is 622 g/mol. The maximum Gasteiger partial charge on any atom is 0.256 e. The highest BCUT2D eigenvalue weighted by molar-refractivity contribution is 6.05. The van der Waals surface area contributed by atoms with Gasteiger partial charge in [0.05, 0.1) is 18.3 Å². The van der Waals surface area contributed by atoms with Crippen molar-refractivity contribution >= 4 is 41.6 Å². The highest BCUT2D eigenvalue weighted by atomic mass is 16.3. The number of hydrogen-bond acceptors (Lipinski definition) is 9. The number of pyridine rings is 1. The fourth-order valence-corrected chi connectivity index (χ4v) is 5.95. The predicted molar refractivity (Wildman–Crippen MR) is 184 cm³/mol. The minimum Gasteiger partial charge on any atom is -0.392 e. The van der Waals surface area contributed by atoms with Crippen LogP contribution in [0.1, 0.15) is 30.0 Å². The first-order valence-corrected chi connectivity index (χ1v) is 15.3. The van der Waals surface area contributed by atoms with Crippen LogP contribution >= 0.6 is 0 Å². The van der Waals surface area contributed by atoms with Crippen molar-refractivity contribution in [2.45, 2.75) is 39.5 Å². The molecule has 46 heavy (non-hydrogen) atoms. The summed E-state index contributed by atoms with van der Waals surface area (Å²) in [5, 5.41) is 36.7. The SMILES string of the molecule is C=Nc1c(/C=C(\C)CO)ccnc1Nc1cccc(-c2cccc(NC(=O)C3=CC(CN4CC[C@@H](O)C4)=CN(C)C3O)c2C)c1C. The normalized spacial score (nSPS) is 18.7. The largest absolute Gasteiger partial charge is 0.392 e. The average Bonchev–Trinajstić information content (AvgIpc) is 3.45. The number of anilines is 3. The summed E-state index contributed by atoms with van der Waals surface area (Å²) in [7, 11) is 1.74. The van der Waals surface area contributed by atoms with Crippen molar-refractivity contribution in [3.8, 4) is 11.1 Å². The van der Waals surface area contributed by atoms with Gasteiger partial charge in [-0.15, -0.1) is 0 Å². The summed E-state index contributed by atoms with van der Waals surface area (Å²) in [4.78, 5) is 26.1. The number of rotatable bonds is 10. The van der Waals surface area contributed by atoms with Gasteiger partial charge in [-0.05, 0) is 91.6 Å². The number of β-amino-alcohol motifs (C(OH)–C–C–N with tert-alkyl or cyclic N) is 1. The van der Waals surface area contributed by atoms with E-state index in [1.807, 2.05) is 75.5 Å². The summed E-state index contributed by atoms with van der Waals surface area (Å²) in [5.74, 6) is 0.172. The Morgan fingerprint density at radius 2 is 1.80 bits per heavy atom. The lowest BCUT2D eigenvalue weighted by Gasteiger charge is -2.30. The number of aliphatic imine (C=N–C) groups is 1. The van der Waals surface area contributed by atoms with Crippen LogP contribution in [-0.4, -0.2) is 88.3 Å². The lowest BCUT2D eigenvalue weighted by molar-refractivity contribution is -0.114. The summed E-state index contributed by atoms with van der Waals surface area (Å²) < 4.78 is 0. The molecule has 1 amide bonds. The van der Waals surface area contributed by atoms with E-state index in [1.54, 1.807) is 24.2 Å². The van der Waals surface area contributed by atoms with Crippen LogP contribution in [0.15, 0.2) is 82.6 Å². The zero-order chi connectivity index (χ0) is 33.0. The number of amides is 1. The van der Waals surface area contributed by atoms with Crippen molar-refractivity contribution in [2.24, 2.45) is 4.99 Å². The van der Waals surface area contributed by atoms with E-state index in [2.05, 4.69) is 32.2 Å². The van der Waals surface area contributed by atoms with Crippen LogP contribution in [0.5, 0.6) is 0 Å². The third-order valence-corrected chi connectivity index (χ3v) is 8.51. The number of carbonyl (C=O) groups excluding carboxylic acids is 1. The molecule has 3 heterocycles. The van der Waals surface area contributed by atoms with Gasteiger partial charge in [-0.2, -0.15) is 0 Å². The van der Waals surface area contributed by atoms with E-state index in [1.165, 1.54) is 0 Å². The molecule has 0 aliphatic carbocycles. The molecule has 1 fully saturated rings. The van der Waals surface area contributed by atoms with Crippen LogP contribution in [0, 0.1) is 13.8 Å². The van der Waals surface area contributed by atoms with E-state index >= 15 is 0 Å². The van der Waals surface area contributed by atoms with Crippen LogP contribution in [0.4, 0.5) is 22.9 Å². The summed E-state index contributed by atoms with van der Waals surface area (Å²) in [6.07, 6.45) is 6.47. The lowest BCUT2D eigenvalue weighted by atomic mass is 9.94. The number of nitrogens with zero attached hydrogens (tertiary/aromatic N) is 4. The highest BCUT2D eigenvalue weighted by Crippen LogP contribution is 2.37. The van der Waals surface area contributed by atoms with E-state index in [9.17, 15) is 20.1 Å². The van der Waals surface area contributed by atoms with Gasteiger partial charge in [-0.1, -0.05) is 30.3 Å². The minimum atomic E-state index is -1.08. The van der Waals surface area contributed by atoms with Gasteiger partial charge >= 0.3 is 0 Å². The Bertz CT molecular complexity index is 1730. The Kier molecular flexibility index (Phi) is 10.1. The van der Waals surface area contributed by atoms with E-state index in [-0.39, 0.29) is 24.2 Å². The average molecular weight is 623 g/mol. The van der Waals surface area contributed by atoms with Crippen LogP contribution < -0.4 is 10.6 Å². The molecular weight excluding hydrogens is 580 g/mol. The molecule has 5 N–H and O–H groups in total. The molecule has 5 rings (SSSR count). The summed E-state index contributed by atoms with van der Waals surface area (Å²) in [5.41, 5.74) is 8.62. The van der Waals surface area contributed by atoms with Gasteiger partial charge in [-0.3, -0.25) is 14.7 Å². The van der Waals surface area contributed by atoms with Crippen molar-refractivity contribution < 1.29 is 20.1 Å². The van der Waals surface area contributed by atoms with E-state index in [0.29, 0.717) is 30.3 Å². The number of aromatic nitrogens is 1. The molecule has 240 valence electrons. The first-order chi connectivity index (χ1) is 22.1. The number of nitrogens with one attached hydrogen (secondary N) is 2. The molecule has 1 unspecified atom stereocenters. The highest BCUT2D eigenvalue weighted by Gasteiger charge is 2.28. The van der Waals surface area contributed by atoms with Gasteiger partial charge in [0.25, 0.3) is 5.91 Å². The van der Waals surface area contributed by atoms with E-state index in [4.69, 9.17) is 0 Å². The van der Waals surface area contributed by atoms with Gasteiger partial charge in [0, 0.05) is 56.0 Å². The molecule has 2 aliphatic rings. The first-order valence-electron chi connectivity index (χ1n) is 15.3. The van der Waals surface area contributed by atoms with Gasteiger partial charge in [0.15, 0.2) is 12.0 Å². The molecule has 10 heteroatoms. The second-order valence-corrected chi connectivity index (χ2v) is 12.0. The maximum absolute atomic E-state index is 13.6. The third-order valence-electron chi connectivity index (χ3n) is 8.51. The molecular formula is C36H42N6O4. The zero-order valence-electron chi connectivity index (χ0n) is 26.8. The van der Waals surface area contributed by atoms with Gasteiger partial charge in [0.2, 0.25) is 0 Å². The second-order valence-electron chi connectivity index (χ2n) is 12.0. The molecule has 10 nitrogen and oxygen atoms in total. The number of aliphatic hydroxyl groups is 3. The Labute approximate surface area is 270 Å². The van der Waals surface area contributed by atoms with Crippen LogP contribution in [0.3, 0.4) is 0 Å². The number of benzene rings is 2. The molecule has 0 bridgehead atoms. The van der Waals surface area contributed by atoms with E-state index < -0.39 is 6.23 Å². The van der Waals surface area contributed by atoms with Gasteiger partial charge in [0.1, 0.15) is 5.69 Å². The molecule has 2 aromatic carbocycles. The van der Waals surface area contributed by atoms with Gasteiger partial charge in [-0.25, -0.2) is 4.98 Å². The van der Waals surface area contributed by atoms with Crippen LogP contribution in [0.2, 0.25) is 0 Å². The van der Waals surface area contributed by atoms with Crippen LogP contribution in [0.25, 0.3) is 17.2 Å². The number of carbonyl (C=O) groups is 1. The molecule has 2 aliphatic heterocycles. The van der Waals surface area contributed by atoms with Crippen molar-refractivity contribution in [1.29, 1.82) is 0 Å². The maximum atomic E-state index is 13.6. The summed E-state index contributed by atoms with van der Waals surface area (Å²) in [6, 6.07) is 13.6. The van der Waals surface area contributed by atoms with Crippen molar-refractivity contribution in [2.75, 3.05) is 43.9 Å². The molecule has 0 spiro atoms. The number of aliphatic hydroxyl groups excluding tert-OH is 3. The predicted octanol–water partition coefficient (Wildman–Crippen LogP) is 4.92. The van der Waals surface area contributed by atoms with E-state index in [0.717, 1.165) is 57.6 Å². The number of likely N-dealkylation sites (tertiary alicyclic amines) is 1. The summed E-state index contributed by atoms with van der Waals surface area (Å²) >= 11 is 0. The smallest absolute Gasteiger partial charge is 0.256 e. The summed E-state index contributed by atoms with van der Waals surface area (Å²) in [6.45, 7) is 11.5. The minimum absolute atomic E-state index is 0.0560. The third kappa shape index (κ3) is 7.11. The van der Waals surface area contributed by atoms with Crippen molar-refractivity contribution in [3.05, 3.63) is 94.3 Å². The Morgan fingerprint density at radius 3 is 2.46 bits per heavy atom. The fraction of sp³-hybridized carbons (Fsp3) is 0.306. The Balaban J connectivity index is 1.40. The molecule has 0 radical (unpaired) electrons. The molecule has 1 saturated heterocycles. The number of hydrogen-bond donors (Lipinski definition) is 5. The van der Waals surface area contributed by atoms with Crippen LogP contribution in [-0.2, 0) is 4.79 Å². The quantitative estimate of drug-likeness (QED) is 0.201. The Hall–Kier alpha value is -4.61. The van der Waals surface area contributed by atoms with Crippen molar-refractivity contribution in [1.82, 2.24) is 14.8 Å². The second kappa shape index (κ2) is 14.2. The zero-order valence-corrected chi connectivity index (χ0v) is 26.8. The Morgan fingerprint density at radius 1 is 1.11 bits per heavy atom. The standard InChI is InChI=1S/C36H42N6O4/c1-22(21-43)16-26-12-14-38-34(33(26)37-4)39-31-10-6-8-28(23(31)2)29-9-7-11-32(24(29)3)40-35(45)30-17-25(18-41(5)36(30)46)19-42-15-13-27(44)20-42/h6-12,14,16-18,27,36,43-44,46H,4,13,15,19-21H2,1-3,5H3,(H,38,39)(H,40,45)/b22-16+/t27-,36?/m1/s1. The molecule has 1 aromatic heterocycles. The fourth-order valence-electron chi connectivity index (χ4n) is 5.95.